The van der Waals surface area contributed by atoms with Gasteiger partial charge in [0.05, 0.1) is 13.2 Å². The molecule has 16 heavy (non-hydrogen) atoms. The van der Waals surface area contributed by atoms with E-state index in [-0.39, 0.29) is 0 Å². The van der Waals surface area contributed by atoms with Crippen molar-refractivity contribution in [3.05, 3.63) is 30.3 Å². The van der Waals surface area contributed by atoms with Gasteiger partial charge in [-0.2, -0.15) is 0 Å². The highest BCUT2D eigenvalue weighted by atomic mass is 16.5. The number of allylic oxidation sites excluding steroid dienone is 1. The topological polar surface area (TPSA) is 18.5 Å². The van der Waals surface area contributed by atoms with Crippen LogP contribution in [-0.4, -0.2) is 13.2 Å². The van der Waals surface area contributed by atoms with E-state index >= 15 is 0 Å². The van der Waals surface area contributed by atoms with Gasteiger partial charge in [0, 0.05) is 0 Å². The zero-order chi connectivity index (χ0) is 12.0. The van der Waals surface area contributed by atoms with Crippen LogP contribution in [0, 0.1) is 6.58 Å². The summed E-state index contributed by atoms with van der Waals surface area (Å²) in [4.78, 5) is 0. The largest absolute Gasteiger partial charge is 0.490 e. The lowest BCUT2D eigenvalue weighted by atomic mass is 10.1. The first kappa shape index (κ1) is 12.6. The monoisotopic (exact) mass is 219 g/mol. The molecule has 87 valence electrons. The number of hydrogen-bond acceptors (Lipinski definition) is 2. The van der Waals surface area contributed by atoms with Crippen LogP contribution in [0.5, 0.6) is 11.5 Å². The molecule has 2 nitrogen and oxygen atoms in total. The van der Waals surface area contributed by atoms with Crippen molar-refractivity contribution in [3.63, 3.8) is 0 Å². The second-order valence-corrected chi connectivity index (χ2v) is 3.41. The van der Waals surface area contributed by atoms with Gasteiger partial charge in [-0.1, -0.05) is 19.6 Å². The maximum absolute atomic E-state index is 5.90. The minimum Gasteiger partial charge on any atom is -0.490 e. The van der Waals surface area contributed by atoms with Gasteiger partial charge in [-0.3, -0.25) is 0 Å². The van der Waals surface area contributed by atoms with Crippen molar-refractivity contribution >= 4 is 5.57 Å². The van der Waals surface area contributed by atoms with E-state index in [1.165, 1.54) is 0 Å². The van der Waals surface area contributed by atoms with Gasteiger partial charge in [-0.15, -0.1) is 0 Å². The van der Waals surface area contributed by atoms with Crippen molar-refractivity contribution < 1.29 is 9.47 Å². The fourth-order valence-electron chi connectivity index (χ4n) is 1.45. The van der Waals surface area contributed by atoms with Crippen molar-refractivity contribution in [3.8, 4) is 11.5 Å². The fraction of sp³-hybridized carbons (Fsp3) is 0.429. The molecule has 0 saturated heterocycles. The average molecular weight is 219 g/mol. The highest BCUT2D eigenvalue weighted by Crippen LogP contribution is 2.31. The Bertz CT molecular complexity index is 356. The molecule has 2 heteroatoms. The maximum atomic E-state index is 5.90. The quantitative estimate of drug-likeness (QED) is 0.726. The van der Waals surface area contributed by atoms with Gasteiger partial charge in [0.15, 0.2) is 11.5 Å². The molecule has 0 aromatic heterocycles. The van der Waals surface area contributed by atoms with Gasteiger partial charge in [0.1, 0.15) is 0 Å². The highest BCUT2D eigenvalue weighted by molar-refractivity contribution is 5.65. The molecule has 1 rings (SSSR count). The molecule has 0 saturated carbocycles. The van der Waals surface area contributed by atoms with Crippen LogP contribution in [0.3, 0.4) is 0 Å². The van der Waals surface area contributed by atoms with Gasteiger partial charge < -0.3 is 9.47 Å². The van der Waals surface area contributed by atoms with Gasteiger partial charge >= 0.3 is 0 Å². The third-order valence-corrected chi connectivity index (χ3v) is 2.30. The smallest absolute Gasteiger partial charge is 0.161 e. The van der Waals surface area contributed by atoms with Crippen LogP contribution in [-0.2, 0) is 0 Å². The first-order valence-corrected chi connectivity index (χ1v) is 5.74. The van der Waals surface area contributed by atoms with E-state index in [0.29, 0.717) is 13.2 Å². The maximum Gasteiger partial charge on any atom is 0.161 e. The zero-order valence-corrected chi connectivity index (χ0v) is 10.2. The Morgan fingerprint density at radius 2 is 1.69 bits per heavy atom. The first-order chi connectivity index (χ1) is 7.72. The Morgan fingerprint density at radius 1 is 1.06 bits per heavy atom. The summed E-state index contributed by atoms with van der Waals surface area (Å²) in [5, 5.41) is 0. The van der Waals surface area contributed by atoms with Crippen molar-refractivity contribution in [2.45, 2.75) is 27.2 Å². The van der Waals surface area contributed by atoms with Crippen molar-refractivity contribution in [2.24, 2.45) is 0 Å². The number of rotatable bonds is 6. The Labute approximate surface area is 97.9 Å². The molecule has 1 aromatic rings. The molecule has 0 N–H and O–H groups in total. The number of benzene rings is 1. The first-order valence-electron chi connectivity index (χ1n) is 5.74. The van der Waals surface area contributed by atoms with E-state index in [1.54, 1.807) is 0 Å². The lowest BCUT2D eigenvalue weighted by Gasteiger charge is -2.12. The van der Waals surface area contributed by atoms with E-state index in [4.69, 9.17) is 16.1 Å². The summed E-state index contributed by atoms with van der Waals surface area (Å²) in [6.45, 7) is 13.1. The predicted octanol–water partition coefficient (Wildman–Crippen LogP) is 3.71. The standard InChI is InChI=1S/C14H19O2/c1-5-11(4)12-8-9-13(15-6-2)14(10-12)16-7-3/h4,8-10H,5-7H2,1-3H3. The van der Waals surface area contributed by atoms with Crippen LogP contribution in [0.4, 0.5) is 0 Å². The molecule has 1 aromatic carbocycles. The minimum absolute atomic E-state index is 0.621. The molecule has 0 amide bonds. The van der Waals surface area contributed by atoms with Gasteiger partial charge in [-0.05, 0) is 43.5 Å². The fourth-order valence-corrected chi connectivity index (χ4v) is 1.45. The number of ether oxygens (including phenoxy) is 2. The molecule has 1 radical (unpaired) electrons. The van der Waals surface area contributed by atoms with Crippen LogP contribution in [0.1, 0.15) is 32.8 Å². The molecular weight excluding hydrogens is 200 g/mol. The normalized spacial score (nSPS) is 9.94. The van der Waals surface area contributed by atoms with Crippen molar-refractivity contribution in [2.75, 3.05) is 13.2 Å². The summed E-state index contributed by atoms with van der Waals surface area (Å²) >= 11 is 0. The summed E-state index contributed by atoms with van der Waals surface area (Å²) in [6, 6.07) is 5.81. The van der Waals surface area contributed by atoms with E-state index in [2.05, 4.69) is 0 Å². The van der Waals surface area contributed by atoms with Gasteiger partial charge in [0.2, 0.25) is 0 Å². The van der Waals surface area contributed by atoms with E-state index in [0.717, 1.165) is 29.1 Å². The SMILES string of the molecule is [CH]=C(CC)c1ccc(OCC)c(OCC)c1. The molecule has 0 spiro atoms. The molecule has 0 aliphatic heterocycles. The molecule has 0 fully saturated rings. The molecular formula is C14H19O2. The molecule has 0 aliphatic rings. The van der Waals surface area contributed by atoms with Crippen LogP contribution >= 0.6 is 0 Å². The average Bonchev–Trinajstić information content (AvgIpc) is 2.31. The van der Waals surface area contributed by atoms with Crippen LogP contribution in [0.15, 0.2) is 18.2 Å². The van der Waals surface area contributed by atoms with Crippen molar-refractivity contribution in [1.82, 2.24) is 0 Å². The second-order valence-electron chi connectivity index (χ2n) is 3.41. The lowest BCUT2D eigenvalue weighted by molar-refractivity contribution is 0.287. The summed E-state index contributed by atoms with van der Waals surface area (Å²) in [5.41, 5.74) is 1.87. The summed E-state index contributed by atoms with van der Waals surface area (Å²) in [7, 11) is 0. The minimum atomic E-state index is 0.621. The zero-order valence-electron chi connectivity index (χ0n) is 10.2. The van der Waals surface area contributed by atoms with Gasteiger partial charge in [-0.25, -0.2) is 0 Å². The van der Waals surface area contributed by atoms with Gasteiger partial charge in [0.25, 0.3) is 0 Å². The van der Waals surface area contributed by atoms with Crippen LogP contribution in [0.25, 0.3) is 5.57 Å². The Kier molecular flexibility index (Phi) is 4.90. The second kappa shape index (κ2) is 6.21. The molecule has 0 unspecified atom stereocenters. The third-order valence-electron chi connectivity index (χ3n) is 2.30. The predicted molar refractivity (Wildman–Crippen MR) is 66.8 cm³/mol. The van der Waals surface area contributed by atoms with E-state index in [9.17, 15) is 0 Å². The molecule has 0 bridgehead atoms. The Balaban J connectivity index is 3.01. The van der Waals surface area contributed by atoms with Crippen LogP contribution < -0.4 is 9.47 Å². The highest BCUT2D eigenvalue weighted by Gasteiger charge is 2.07. The van der Waals surface area contributed by atoms with E-state index in [1.807, 2.05) is 39.0 Å². The summed E-state index contributed by atoms with van der Waals surface area (Å²) in [6.07, 6.45) is 0.833. The van der Waals surface area contributed by atoms with Crippen molar-refractivity contribution in [1.29, 1.82) is 0 Å². The summed E-state index contributed by atoms with van der Waals surface area (Å²) in [5.74, 6) is 1.54. The molecule has 0 atom stereocenters. The Hall–Kier alpha value is -1.44. The molecule has 0 aliphatic carbocycles. The molecule has 0 heterocycles. The van der Waals surface area contributed by atoms with Crippen LogP contribution in [0.2, 0.25) is 0 Å². The lowest BCUT2D eigenvalue weighted by Crippen LogP contribution is -1.99. The summed E-state index contributed by atoms with van der Waals surface area (Å²) < 4.78 is 11.0. The Morgan fingerprint density at radius 3 is 2.25 bits per heavy atom. The third kappa shape index (κ3) is 3.02. The van der Waals surface area contributed by atoms with E-state index < -0.39 is 0 Å². The number of hydrogen-bond donors (Lipinski definition) is 0.